The number of ether oxygens (including phenoxy) is 2. The number of Topliss-reactive ketones (excluding diaryl/α,β-unsaturated/α-hetero) is 1. The Morgan fingerprint density at radius 1 is 0.952 bits per heavy atom. The van der Waals surface area contributed by atoms with Crippen molar-refractivity contribution in [1.29, 1.82) is 0 Å². The fourth-order valence-electron chi connectivity index (χ4n) is 2.87. The first kappa shape index (κ1) is 12.2. The lowest BCUT2D eigenvalue weighted by atomic mass is 10.1. The highest BCUT2D eigenvalue weighted by molar-refractivity contribution is 6.15. The first-order chi connectivity index (χ1) is 10.3. The largest absolute Gasteiger partial charge is 0.486 e. The van der Waals surface area contributed by atoms with Gasteiger partial charge in [0.05, 0.1) is 0 Å². The average Bonchev–Trinajstić information content (AvgIpc) is 2.85. The van der Waals surface area contributed by atoms with Gasteiger partial charge in [-0.05, 0) is 17.7 Å². The molecule has 1 aliphatic carbocycles. The quantitative estimate of drug-likeness (QED) is 0.751. The van der Waals surface area contributed by atoms with Gasteiger partial charge in [-0.3, -0.25) is 4.79 Å². The molecule has 104 valence electrons. The number of carbonyl (C=O) groups is 1. The lowest BCUT2D eigenvalue weighted by Crippen LogP contribution is -2.16. The van der Waals surface area contributed by atoms with Crippen molar-refractivity contribution < 1.29 is 14.3 Å². The third-order valence-electron chi connectivity index (χ3n) is 3.86. The number of para-hydroxylation sites is 1. The van der Waals surface area contributed by atoms with E-state index in [4.69, 9.17) is 9.47 Å². The van der Waals surface area contributed by atoms with Crippen molar-refractivity contribution in [3.63, 3.8) is 0 Å². The molecular weight excluding hydrogens is 264 g/mol. The predicted molar refractivity (Wildman–Crippen MR) is 79.9 cm³/mol. The molecule has 0 aromatic heterocycles. The second-order valence-electron chi connectivity index (χ2n) is 5.20. The smallest absolute Gasteiger partial charge is 0.189 e. The minimum Gasteiger partial charge on any atom is -0.486 e. The molecule has 0 amide bonds. The van der Waals surface area contributed by atoms with Crippen molar-refractivity contribution in [3.8, 4) is 11.5 Å². The number of hydrogen-bond donors (Lipinski definition) is 0. The van der Waals surface area contributed by atoms with Gasteiger partial charge in [0.1, 0.15) is 13.2 Å². The third kappa shape index (κ3) is 2.02. The molecule has 0 radical (unpaired) electrons. The molecule has 3 heteroatoms. The summed E-state index contributed by atoms with van der Waals surface area (Å²) in [6, 6.07) is 13.5. The van der Waals surface area contributed by atoms with E-state index < -0.39 is 0 Å². The van der Waals surface area contributed by atoms with E-state index in [1.807, 2.05) is 48.5 Å². The van der Waals surface area contributed by atoms with Gasteiger partial charge in [-0.15, -0.1) is 0 Å². The van der Waals surface area contributed by atoms with E-state index in [2.05, 4.69) is 0 Å². The topological polar surface area (TPSA) is 35.5 Å². The van der Waals surface area contributed by atoms with Crippen molar-refractivity contribution in [2.45, 2.75) is 6.42 Å². The molecule has 2 aromatic carbocycles. The molecule has 0 saturated heterocycles. The molecule has 2 aliphatic rings. The van der Waals surface area contributed by atoms with Crippen LogP contribution in [0.3, 0.4) is 0 Å². The molecule has 0 unspecified atom stereocenters. The molecule has 0 atom stereocenters. The normalized spacial score (nSPS) is 17.9. The molecule has 4 rings (SSSR count). The highest BCUT2D eigenvalue weighted by Gasteiger charge is 2.25. The van der Waals surface area contributed by atoms with E-state index in [9.17, 15) is 4.79 Å². The van der Waals surface area contributed by atoms with Crippen LogP contribution in [0.4, 0.5) is 0 Å². The second-order valence-corrected chi connectivity index (χ2v) is 5.20. The summed E-state index contributed by atoms with van der Waals surface area (Å²) in [5.41, 5.74) is 3.61. The van der Waals surface area contributed by atoms with Crippen LogP contribution in [-0.4, -0.2) is 19.0 Å². The predicted octanol–water partition coefficient (Wildman–Crippen LogP) is 3.28. The minimum atomic E-state index is 0.111. The Balaban J connectivity index is 1.76. The number of rotatable bonds is 1. The van der Waals surface area contributed by atoms with Crippen LogP contribution < -0.4 is 9.47 Å². The molecule has 2 aromatic rings. The zero-order valence-electron chi connectivity index (χ0n) is 11.5. The summed E-state index contributed by atoms with van der Waals surface area (Å²) in [6.45, 7) is 1.11. The molecule has 1 heterocycles. The van der Waals surface area contributed by atoms with Gasteiger partial charge >= 0.3 is 0 Å². The zero-order chi connectivity index (χ0) is 14.2. The lowest BCUT2D eigenvalue weighted by Gasteiger charge is -2.20. The Labute approximate surface area is 122 Å². The molecule has 3 nitrogen and oxygen atoms in total. The fraction of sp³-hybridized carbons (Fsp3) is 0.167. The minimum absolute atomic E-state index is 0.111. The van der Waals surface area contributed by atoms with Crippen LogP contribution in [0.25, 0.3) is 6.08 Å². The zero-order valence-corrected chi connectivity index (χ0v) is 11.5. The first-order valence-electron chi connectivity index (χ1n) is 7.05. The van der Waals surface area contributed by atoms with Crippen LogP contribution in [0, 0.1) is 0 Å². The summed E-state index contributed by atoms with van der Waals surface area (Å²) in [4.78, 5) is 12.4. The Bertz CT molecular complexity index is 759. The average molecular weight is 278 g/mol. The van der Waals surface area contributed by atoms with E-state index >= 15 is 0 Å². The lowest BCUT2D eigenvalue weighted by molar-refractivity contribution is 0.104. The number of allylic oxidation sites excluding steroid dienone is 1. The third-order valence-corrected chi connectivity index (χ3v) is 3.86. The van der Waals surface area contributed by atoms with Crippen LogP contribution in [0.15, 0.2) is 48.0 Å². The monoisotopic (exact) mass is 278 g/mol. The van der Waals surface area contributed by atoms with Crippen molar-refractivity contribution in [1.82, 2.24) is 0 Å². The van der Waals surface area contributed by atoms with Gasteiger partial charge in [0.25, 0.3) is 0 Å². The summed E-state index contributed by atoms with van der Waals surface area (Å²) in [6.07, 6.45) is 2.61. The van der Waals surface area contributed by atoms with Gasteiger partial charge in [0.15, 0.2) is 17.3 Å². The molecule has 0 saturated carbocycles. The van der Waals surface area contributed by atoms with Crippen LogP contribution in [0.1, 0.15) is 21.5 Å². The summed E-state index contributed by atoms with van der Waals surface area (Å²) < 4.78 is 11.3. The molecule has 0 fully saturated rings. The molecule has 0 bridgehead atoms. The van der Waals surface area contributed by atoms with E-state index in [1.54, 1.807) is 0 Å². The number of carbonyl (C=O) groups excluding carboxylic acids is 1. The maximum atomic E-state index is 12.4. The highest BCUT2D eigenvalue weighted by Crippen LogP contribution is 2.36. The Hall–Kier alpha value is -2.55. The van der Waals surface area contributed by atoms with E-state index in [1.165, 1.54) is 0 Å². The highest BCUT2D eigenvalue weighted by atomic mass is 16.6. The van der Waals surface area contributed by atoms with Crippen LogP contribution in [0.5, 0.6) is 11.5 Å². The molecular formula is C18H14O3. The van der Waals surface area contributed by atoms with Crippen molar-refractivity contribution in [2.75, 3.05) is 13.2 Å². The van der Waals surface area contributed by atoms with E-state index in [0.29, 0.717) is 19.6 Å². The SMILES string of the molecule is O=C1/C(=C/c2cccc3c2OCCO3)Cc2ccccc21. The standard InChI is InChI=1S/C18H14O3/c19-17-14(10-12-4-1-2-6-15(12)17)11-13-5-3-7-16-18(13)21-9-8-20-16/h1-7,11H,8-10H2/b14-11+. The summed E-state index contributed by atoms with van der Waals surface area (Å²) in [5, 5.41) is 0. The molecule has 1 aliphatic heterocycles. The summed E-state index contributed by atoms with van der Waals surface area (Å²) >= 11 is 0. The van der Waals surface area contributed by atoms with Crippen molar-refractivity contribution in [2.24, 2.45) is 0 Å². The van der Waals surface area contributed by atoms with Crippen molar-refractivity contribution >= 4 is 11.9 Å². The van der Waals surface area contributed by atoms with Gasteiger partial charge in [-0.1, -0.05) is 36.4 Å². The molecule has 21 heavy (non-hydrogen) atoms. The van der Waals surface area contributed by atoms with Crippen molar-refractivity contribution in [3.05, 3.63) is 64.7 Å². The van der Waals surface area contributed by atoms with Gasteiger partial charge in [0, 0.05) is 23.1 Å². The van der Waals surface area contributed by atoms with E-state index in [-0.39, 0.29) is 5.78 Å². The maximum absolute atomic E-state index is 12.4. The van der Waals surface area contributed by atoms with Gasteiger partial charge in [-0.25, -0.2) is 0 Å². The number of ketones is 1. The van der Waals surface area contributed by atoms with E-state index in [0.717, 1.165) is 33.8 Å². The van der Waals surface area contributed by atoms with Gasteiger partial charge in [0.2, 0.25) is 0 Å². The van der Waals surface area contributed by atoms with Crippen LogP contribution >= 0.6 is 0 Å². The van der Waals surface area contributed by atoms with Crippen LogP contribution in [0.2, 0.25) is 0 Å². The number of hydrogen-bond acceptors (Lipinski definition) is 3. The number of benzene rings is 2. The maximum Gasteiger partial charge on any atom is 0.189 e. The Morgan fingerprint density at radius 3 is 2.71 bits per heavy atom. The number of fused-ring (bicyclic) bond motifs is 2. The second kappa shape index (κ2) is 4.77. The summed E-state index contributed by atoms with van der Waals surface area (Å²) in [7, 11) is 0. The Kier molecular flexibility index (Phi) is 2.78. The van der Waals surface area contributed by atoms with Crippen LogP contribution in [-0.2, 0) is 6.42 Å². The summed E-state index contributed by atoms with van der Waals surface area (Å²) in [5.74, 6) is 1.60. The molecule has 0 spiro atoms. The van der Waals surface area contributed by atoms with Gasteiger partial charge in [-0.2, -0.15) is 0 Å². The first-order valence-corrected chi connectivity index (χ1v) is 7.05. The Morgan fingerprint density at radius 2 is 1.81 bits per heavy atom. The molecule has 0 N–H and O–H groups in total. The van der Waals surface area contributed by atoms with Gasteiger partial charge < -0.3 is 9.47 Å². The fourth-order valence-corrected chi connectivity index (χ4v) is 2.87.